The van der Waals surface area contributed by atoms with Gasteiger partial charge in [-0.05, 0) is 63.1 Å². The van der Waals surface area contributed by atoms with Gasteiger partial charge >= 0.3 is 5.97 Å². The Kier molecular flexibility index (Phi) is 5.20. The fourth-order valence-electron chi connectivity index (χ4n) is 4.31. The Morgan fingerprint density at radius 1 is 1.12 bits per heavy atom. The van der Waals surface area contributed by atoms with Crippen molar-refractivity contribution in [3.05, 3.63) is 53.8 Å². The fourth-order valence-corrected chi connectivity index (χ4v) is 4.31. The Bertz CT molecular complexity index is 1290. The highest BCUT2D eigenvalue weighted by molar-refractivity contribution is 5.94. The van der Waals surface area contributed by atoms with Gasteiger partial charge in [0.25, 0.3) is 0 Å². The summed E-state index contributed by atoms with van der Waals surface area (Å²) in [5, 5.41) is 9.85. The molecule has 0 spiro atoms. The lowest BCUT2D eigenvalue weighted by Crippen LogP contribution is -2.38. The first-order valence-electron chi connectivity index (χ1n) is 10.9. The summed E-state index contributed by atoms with van der Waals surface area (Å²) in [5.74, 6) is 0.808. The number of hydrogen-bond acceptors (Lipinski definition) is 6. The molecule has 0 saturated carbocycles. The van der Waals surface area contributed by atoms with Gasteiger partial charge in [0.1, 0.15) is 5.82 Å². The second-order valence-electron chi connectivity index (χ2n) is 8.14. The van der Waals surface area contributed by atoms with Gasteiger partial charge in [-0.2, -0.15) is 0 Å². The van der Waals surface area contributed by atoms with Gasteiger partial charge in [-0.25, -0.2) is 13.8 Å². The van der Waals surface area contributed by atoms with E-state index in [-0.39, 0.29) is 17.7 Å². The number of hydrogen-bond donors (Lipinski definition) is 0. The number of anilines is 1. The standard InChI is InChI=1S/C24H24FN5O2/c1-3-32-23(31)17-10-12-29(13-11-17)24-26-20-9-4-15(2)14-19(20)22-28-27-21(30(22)24)16-5-7-18(25)8-6-16/h4-9,14,17H,3,10-13H2,1-2H3. The minimum Gasteiger partial charge on any atom is -0.466 e. The molecule has 0 amide bonds. The molecule has 0 bridgehead atoms. The average molecular weight is 433 g/mol. The van der Waals surface area contributed by atoms with Crippen molar-refractivity contribution in [1.82, 2.24) is 19.6 Å². The number of aryl methyl sites for hydroxylation is 1. The van der Waals surface area contributed by atoms with Gasteiger partial charge in [-0.3, -0.25) is 4.79 Å². The van der Waals surface area contributed by atoms with Gasteiger partial charge in [0.15, 0.2) is 11.5 Å². The predicted octanol–water partition coefficient (Wildman–Crippen LogP) is 4.17. The van der Waals surface area contributed by atoms with Gasteiger partial charge < -0.3 is 9.64 Å². The smallest absolute Gasteiger partial charge is 0.309 e. The van der Waals surface area contributed by atoms with Gasteiger partial charge in [-0.15, -0.1) is 10.2 Å². The highest BCUT2D eigenvalue weighted by Gasteiger charge is 2.29. The molecule has 8 heteroatoms. The maximum atomic E-state index is 13.5. The molecule has 1 saturated heterocycles. The van der Waals surface area contributed by atoms with E-state index in [1.165, 1.54) is 12.1 Å². The molecule has 0 unspecified atom stereocenters. The van der Waals surface area contributed by atoms with E-state index < -0.39 is 0 Å². The highest BCUT2D eigenvalue weighted by atomic mass is 19.1. The van der Waals surface area contributed by atoms with E-state index in [2.05, 4.69) is 21.2 Å². The maximum absolute atomic E-state index is 13.5. The molecule has 7 nitrogen and oxygen atoms in total. The van der Waals surface area contributed by atoms with Crippen LogP contribution >= 0.6 is 0 Å². The number of halogens is 1. The summed E-state index contributed by atoms with van der Waals surface area (Å²) in [5.41, 5.74) is 3.41. The number of fused-ring (bicyclic) bond motifs is 3. The number of esters is 1. The van der Waals surface area contributed by atoms with Crippen molar-refractivity contribution >= 4 is 28.5 Å². The first-order valence-corrected chi connectivity index (χ1v) is 10.9. The molecule has 4 aromatic rings. The normalized spacial score (nSPS) is 14.9. The molecule has 1 fully saturated rings. The van der Waals surface area contributed by atoms with Gasteiger partial charge in [0.2, 0.25) is 5.95 Å². The number of piperidine rings is 1. The lowest BCUT2D eigenvalue weighted by atomic mass is 9.97. The van der Waals surface area contributed by atoms with Crippen LogP contribution in [0, 0.1) is 18.7 Å². The number of carbonyl (C=O) groups is 1. The van der Waals surface area contributed by atoms with Crippen molar-refractivity contribution in [3.8, 4) is 11.4 Å². The van der Waals surface area contributed by atoms with E-state index in [0.29, 0.717) is 44.0 Å². The van der Waals surface area contributed by atoms with Crippen LogP contribution in [0.1, 0.15) is 25.3 Å². The zero-order valence-electron chi connectivity index (χ0n) is 18.1. The Hall–Kier alpha value is -3.55. The molecule has 164 valence electrons. The minimum atomic E-state index is -0.303. The second-order valence-corrected chi connectivity index (χ2v) is 8.14. The molecule has 0 atom stereocenters. The van der Waals surface area contributed by atoms with Crippen molar-refractivity contribution in [2.45, 2.75) is 26.7 Å². The number of aromatic nitrogens is 4. The summed E-state index contributed by atoms with van der Waals surface area (Å²) < 4.78 is 20.7. The Morgan fingerprint density at radius 2 is 1.88 bits per heavy atom. The zero-order chi connectivity index (χ0) is 22.2. The van der Waals surface area contributed by atoms with Crippen LogP contribution in [0.2, 0.25) is 0 Å². The van der Waals surface area contributed by atoms with Crippen LogP contribution in [-0.4, -0.2) is 45.2 Å². The number of ether oxygens (including phenoxy) is 1. The van der Waals surface area contributed by atoms with E-state index in [4.69, 9.17) is 9.72 Å². The second kappa shape index (κ2) is 8.18. The number of carbonyl (C=O) groups excluding carboxylic acids is 1. The molecule has 3 heterocycles. The van der Waals surface area contributed by atoms with Crippen LogP contribution in [0.4, 0.5) is 10.3 Å². The predicted molar refractivity (Wildman–Crippen MR) is 120 cm³/mol. The quantitative estimate of drug-likeness (QED) is 0.450. The van der Waals surface area contributed by atoms with Gasteiger partial charge in [-0.1, -0.05) is 11.6 Å². The fraction of sp³-hybridized carbons (Fsp3) is 0.333. The first-order chi connectivity index (χ1) is 15.5. The van der Waals surface area contributed by atoms with Crippen molar-refractivity contribution in [3.63, 3.8) is 0 Å². The number of rotatable bonds is 4. The summed E-state index contributed by atoms with van der Waals surface area (Å²) in [6.07, 6.45) is 1.39. The van der Waals surface area contributed by atoms with Crippen LogP contribution in [0.5, 0.6) is 0 Å². The van der Waals surface area contributed by atoms with Crippen molar-refractivity contribution < 1.29 is 13.9 Å². The van der Waals surface area contributed by atoms with Crippen LogP contribution < -0.4 is 4.90 Å². The summed E-state index contributed by atoms with van der Waals surface area (Å²) in [7, 11) is 0. The monoisotopic (exact) mass is 433 g/mol. The van der Waals surface area contributed by atoms with Crippen LogP contribution in [0.25, 0.3) is 27.9 Å². The molecule has 5 rings (SSSR count). The van der Waals surface area contributed by atoms with Crippen LogP contribution in [0.3, 0.4) is 0 Å². The third kappa shape index (κ3) is 3.55. The minimum absolute atomic E-state index is 0.0951. The van der Waals surface area contributed by atoms with E-state index in [1.807, 2.05) is 30.4 Å². The molecule has 1 aliphatic rings. The molecule has 32 heavy (non-hydrogen) atoms. The van der Waals surface area contributed by atoms with Gasteiger partial charge in [0, 0.05) is 24.0 Å². The summed E-state index contributed by atoms with van der Waals surface area (Å²) in [6, 6.07) is 12.3. The van der Waals surface area contributed by atoms with Crippen LogP contribution in [-0.2, 0) is 9.53 Å². The van der Waals surface area contributed by atoms with E-state index in [1.54, 1.807) is 12.1 Å². The number of nitrogens with zero attached hydrogens (tertiary/aromatic N) is 5. The SMILES string of the molecule is CCOC(=O)C1CCN(c2nc3ccc(C)cc3c3nnc(-c4ccc(F)cc4)n23)CC1. The summed E-state index contributed by atoms with van der Waals surface area (Å²) >= 11 is 0. The number of benzene rings is 2. The third-order valence-corrected chi connectivity index (χ3v) is 5.98. The van der Waals surface area contributed by atoms with Crippen molar-refractivity contribution in [2.75, 3.05) is 24.6 Å². The highest BCUT2D eigenvalue weighted by Crippen LogP contribution is 2.31. The molecule has 2 aromatic heterocycles. The lowest BCUT2D eigenvalue weighted by Gasteiger charge is -2.32. The van der Waals surface area contributed by atoms with E-state index in [0.717, 1.165) is 28.0 Å². The van der Waals surface area contributed by atoms with Gasteiger partial charge in [0.05, 0.1) is 18.0 Å². The third-order valence-electron chi connectivity index (χ3n) is 5.98. The lowest BCUT2D eigenvalue weighted by molar-refractivity contribution is -0.148. The molecule has 2 aromatic carbocycles. The summed E-state index contributed by atoms with van der Waals surface area (Å²) in [6.45, 7) is 5.59. The molecule has 0 radical (unpaired) electrons. The topological polar surface area (TPSA) is 72.6 Å². The molecule has 1 aliphatic heterocycles. The van der Waals surface area contributed by atoms with Crippen molar-refractivity contribution in [1.29, 1.82) is 0 Å². The molecular formula is C24H24FN5O2. The Morgan fingerprint density at radius 3 is 2.59 bits per heavy atom. The molecular weight excluding hydrogens is 409 g/mol. The first kappa shape index (κ1) is 20.4. The largest absolute Gasteiger partial charge is 0.466 e. The maximum Gasteiger partial charge on any atom is 0.309 e. The van der Waals surface area contributed by atoms with E-state index in [9.17, 15) is 9.18 Å². The van der Waals surface area contributed by atoms with E-state index >= 15 is 0 Å². The molecule has 0 aliphatic carbocycles. The zero-order valence-corrected chi connectivity index (χ0v) is 18.1. The molecule has 0 N–H and O–H groups in total. The Labute approximate surface area is 184 Å². The average Bonchev–Trinajstić information content (AvgIpc) is 3.25. The summed E-state index contributed by atoms with van der Waals surface area (Å²) in [4.78, 5) is 19.3. The van der Waals surface area contributed by atoms with Crippen LogP contribution in [0.15, 0.2) is 42.5 Å². The van der Waals surface area contributed by atoms with Crippen molar-refractivity contribution in [2.24, 2.45) is 5.92 Å². The Balaban J connectivity index is 1.62.